The van der Waals surface area contributed by atoms with E-state index in [1.54, 1.807) is 58.3 Å². The third-order valence-corrected chi connectivity index (χ3v) is 19.4. The Morgan fingerprint density at radius 1 is 0.236 bits per heavy atom. The summed E-state index contributed by atoms with van der Waals surface area (Å²) in [6.07, 6.45) is 43.5. The Balaban J connectivity index is 1.77. The zero-order valence-corrected chi connectivity index (χ0v) is 67.9. The number of carbonyl (C=O) groups is 4. The predicted octanol–water partition coefficient (Wildman–Crippen LogP) is 22.9. The molecule has 2 N–H and O–H groups in total. The Hall–Kier alpha value is -6.84. The molecule has 0 aliphatic heterocycles. The van der Waals surface area contributed by atoms with Crippen molar-refractivity contribution in [1.29, 1.82) is 0 Å². The van der Waals surface area contributed by atoms with E-state index in [1.165, 1.54) is 51.4 Å². The summed E-state index contributed by atoms with van der Waals surface area (Å²) in [6, 6.07) is 21.5. The van der Waals surface area contributed by atoms with E-state index < -0.39 is 0 Å². The zero-order valence-electron chi connectivity index (χ0n) is 67.9. The Labute approximate surface area is 643 Å². The van der Waals surface area contributed by atoms with Crippen molar-refractivity contribution in [3.63, 3.8) is 0 Å². The zero-order chi connectivity index (χ0) is 76.1. The number of nitrogens with one attached hydrogen (secondary N) is 2. The normalized spacial score (nSPS) is 11.1. The molecule has 4 rings (SSSR count). The van der Waals surface area contributed by atoms with Crippen molar-refractivity contribution in [1.82, 2.24) is 20.4 Å². The molecule has 4 amide bonds. The van der Waals surface area contributed by atoms with Crippen LogP contribution in [0.3, 0.4) is 0 Å². The molecule has 0 bridgehead atoms. The summed E-state index contributed by atoms with van der Waals surface area (Å²) < 4.78 is 51.2. The second kappa shape index (κ2) is 61.1. The molecule has 0 heterocycles. The lowest BCUT2D eigenvalue weighted by Crippen LogP contribution is -2.46. The lowest BCUT2D eigenvalue weighted by atomic mass is 10.1. The first-order valence-corrected chi connectivity index (χ1v) is 42.8. The minimum absolute atomic E-state index is 0.0678. The van der Waals surface area contributed by atoms with E-state index in [2.05, 4.69) is 66.0 Å². The van der Waals surface area contributed by atoms with Crippen LogP contribution in [0.15, 0.2) is 72.8 Å². The third-order valence-electron chi connectivity index (χ3n) is 19.4. The lowest BCUT2D eigenvalue weighted by molar-refractivity contribution is 0.0659. The van der Waals surface area contributed by atoms with Crippen molar-refractivity contribution in [2.45, 2.75) is 312 Å². The van der Waals surface area contributed by atoms with Gasteiger partial charge in [0.05, 0.1) is 52.9 Å². The van der Waals surface area contributed by atoms with Gasteiger partial charge in [0.15, 0.2) is 46.0 Å². The van der Waals surface area contributed by atoms with E-state index in [9.17, 15) is 9.59 Å². The Morgan fingerprint density at radius 3 is 0.642 bits per heavy atom. The van der Waals surface area contributed by atoms with Gasteiger partial charge in [0.25, 0.3) is 23.6 Å². The molecule has 0 saturated carbocycles. The molecular weight excluding hydrogens is 1330 g/mol. The van der Waals surface area contributed by atoms with Crippen LogP contribution < -0.4 is 48.5 Å². The van der Waals surface area contributed by atoms with Gasteiger partial charge in [0, 0.05) is 61.5 Å². The SMILES string of the molecule is CCCCCCCOc1ccc(C(=O)NCCN(CCN(CCNC(=O)c2ccc(OCCCCCCC)c(OCCCCCCC)c2)C(=O)c2ccc(OCCCCCCC)c(OCCCCCCC)c2)C(=O)c2ccc(OCCCCCCC)c(OCCCCCCC)c2)cc1OCCCCCCC. The van der Waals surface area contributed by atoms with Gasteiger partial charge in [-0.05, 0) is 124 Å². The summed E-state index contributed by atoms with van der Waals surface area (Å²) in [6.45, 7) is 22.3. The molecule has 0 aliphatic rings. The molecule has 16 nitrogen and oxygen atoms in total. The van der Waals surface area contributed by atoms with E-state index in [0.717, 1.165) is 205 Å². The summed E-state index contributed by atoms with van der Waals surface area (Å²) >= 11 is 0. The number of rotatable bonds is 69. The lowest BCUT2D eigenvalue weighted by Gasteiger charge is -2.29. The van der Waals surface area contributed by atoms with Crippen LogP contribution in [-0.4, -0.2) is 126 Å². The first-order valence-electron chi connectivity index (χ1n) is 42.8. The van der Waals surface area contributed by atoms with Crippen molar-refractivity contribution >= 4 is 23.6 Å². The topological polar surface area (TPSA) is 173 Å². The van der Waals surface area contributed by atoms with E-state index >= 15 is 9.59 Å². The highest BCUT2D eigenvalue weighted by atomic mass is 16.5. The highest BCUT2D eigenvalue weighted by molar-refractivity contribution is 5.97. The molecule has 4 aromatic rings. The molecule has 0 saturated heterocycles. The number of benzene rings is 4. The van der Waals surface area contributed by atoms with Crippen LogP contribution in [0.1, 0.15) is 354 Å². The molecule has 0 fully saturated rings. The number of unbranched alkanes of at least 4 members (excludes halogenated alkanes) is 32. The third kappa shape index (κ3) is 39.8. The molecule has 106 heavy (non-hydrogen) atoms. The van der Waals surface area contributed by atoms with Gasteiger partial charge in [0.2, 0.25) is 0 Å². The molecule has 4 aromatic carbocycles. The van der Waals surface area contributed by atoms with Crippen LogP contribution in [0.5, 0.6) is 46.0 Å². The number of hydrogen-bond donors (Lipinski definition) is 2. The highest BCUT2D eigenvalue weighted by Gasteiger charge is 2.25. The summed E-state index contributed by atoms with van der Waals surface area (Å²) in [7, 11) is 0. The van der Waals surface area contributed by atoms with Gasteiger partial charge in [-0.2, -0.15) is 0 Å². The van der Waals surface area contributed by atoms with Gasteiger partial charge in [-0.1, -0.05) is 261 Å². The molecule has 0 aromatic heterocycles. The largest absolute Gasteiger partial charge is 0.490 e. The number of ether oxygens (including phenoxy) is 8. The second-order valence-electron chi connectivity index (χ2n) is 28.8. The van der Waals surface area contributed by atoms with Crippen LogP contribution in [0.4, 0.5) is 0 Å². The molecule has 0 aliphatic carbocycles. The smallest absolute Gasteiger partial charge is 0.254 e. The minimum Gasteiger partial charge on any atom is -0.490 e. The van der Waals surface area contributed by atoms with Crippen LogP contribution in [0, 0.1) is 0 Å². The minimum atomic E-state index is -0.325. The number of amides is 4. The van der Waals surface area contributed by atoms with Crippen molar-refractivity contribution in [2.24, 2.45) is 0 Å². The summed E-state index contributed by atoms with van der Waals surface area (Å²) in [5, 5.41) is 6.25. The molecule has 598 valence electrons. The standard InChI is InChI=1S/C90H146N4O12/c1-9-17-25-33-41-63-99-79-53-49-75(71-83(79)103-67-45-37-29-21-13-5)87(95)91-57-59-93(89(97)77-51-55-81(101-65-43-35-27-19-11-3)85(73-77)105-69-47-39-31-23-15-7)61-62-94(90(98)78-52-56-82(102-66-44-36-28-20-12-4)86(74-78)106-70-48-40-32-24-16-8)60-58-92-88(96)76-50-54-80(100-64-42-34-26-18-10-2)84(72-76)104-68-46-38-30-22-14-6/h49-56,71-74H,9-48,57-70H2,1-8H3,(H,91,95)(H,92,96). The first kappa shape index (κ1) is 91.5. The highest BCUT2D eigenvalue weighted by Crippen LogP contribution is 2.34. The fraction of sp³-hybridized carbons (Fsp3) is 0.689. The van der Waals surface area contributed by atoms with Gasteiger partial charge >= 0.3 is 0 Å². The maximum atomic E-state index is 15.5. The van der Waals surface area contributed by atoms with Gasteiger partial charge < -0.3 is 58.3 Å². The quantitative estimate of drug-likeness (QED) is 0.0401. The van der Waals surface area contributed by atoms with Crippen molar-refractivity contribution < 1.29 is 57.1 Å². The van der Waals surface area contributed by atoms with Gasteiger partial charge in [0.1, 0.15) is 0 Å². The molecule has 0 unspecified atom stereocenters. The summed E-state index contributed by atoms with van der Waals surface area (Å²) in [5.41, 5.74) is 1.58. The Morgan fingerprint density at radius 2 is 0.425 bits per heavy atom. The van der Waals surface area contributed by atoms with Crippen LogP contribution in [0.25, 0.3) is 0 Å². The average Bonchev–Trinajstić information content (AvgIpc) is 0.897. The summed E-state index contributed by atoms with van der Waals surface area (Å²) in [5.74, 6) is 3.20. The molecule has 0 radical (unpaired) electrons. The van der Waals surface area contributed by atoms with E-state index in [0.29, 0.717) is 121 Å². The fourth-order valence-corrected chi connectivity index (χ4v) is 12.7. The maximum absolute atomic E-state index is 15.5. The van der Waals surface area contributed by atoms with Gasteiger partial charge in [-0.3, -0.25) is 19.2 Å². The molecule has 16 heteroatoms. The van der Waals surface area contributed by atoms with Gasteiger partial charge in [-0.25, -0.2) is 0 Å². The van der Waals surface area contributed by atoms with Crippen molar-refractivity contribution in [3.05, 3.63) is 95.1 Å². The maximum Gasteiger partial charge on any atom is 0.254 e. The predicted molar refractivity (Wildman–Crippen MR) is 436 cm³/mol. The Bertz CT molecular complexity index is 2730. The van der Waals surface area contributed by atoms with Crippen LogP contribution in [0.2, 0.25) is 0 Å². The second-order valence-corrected chi connectivity index (χ2v) is 28.8. The van der Waals surface area contributed by atoms with Gasteiger partial charge in [-0.15, -0.1) is 0 Å². The van der Waals surface area contributed by atoms with Crippen LogP contribution in [-0.2, 0) is 0 Å². The van der Waals surface area contributed by atoms with E-state index in [4.69, 9.17) is 37.9 Å². The molecular formula is C90H146N4O12. The Kier molecular flexibility index (Phi) is 52.8. The fourth-order valence-electron chi connectivity index (χ4n) is 12.7. The van der Waals surface area contributed by atoms with E-state index in [-0.39, 0.29) is 62.9 Å². The average molecular weight is 1480 g/mol. The van der Waals surface area contributed by atoms with Crippen molar-refractivity contribution in [3.8, 4) is 46.0 Å². The molecule has 0 spiro atoms. The number of nitrogens with zero attached hydrogens (tertiary/aromatic N) is 2. The monoisotopic (exact) mass is 1480 g/mol. The number of hydrogen-bond acceptors (Lipinski definition) is 12. The van der Waals surface area contributed by atoms with Crippen molar-refractivity contribution in [2.75, 3.05) is 92.1 Å². The molecule has 0 atom stereocenters. The van der Waals surface area contributed by atoms with E-state index in [1.807, 2.05) is 24.3 Å². The van der Waals surface area contributed by atoms with Crippen LogP contribution >= 0.6 is 0 Å². The first-order chi connectivity index (χ1) is 52.0. The number of carbonyl (C=O) groups excluding carboxylic acids is 4. The summed E-state index contributed by atoms with van der Waals surface area (Å²) in [4.78, 5) is 63.1.